The molecule has 0 aromatic carbocycles. The summed E-state index contributed by atoms with van der Waals surface area (Å²) in [6, 6.07) is 0. The maximum absolute atomic E-state index is 3.60. The zero-order valence-corrected chi connectivity index (χ0v) is 7.14. The first-order valence-electron chi connectivity index (χ1n) is 3.33. The minimum absolute atomic E-state index is 0.632. The van der Waals surface area contributed by atoms with Gasteiger partial charge in [-0.3, -0.25) is 0 Å². The van der Waals surface area contributed by atoms with Gasteiger partial charge in [-0.25, -0.2) is 0 Å². The second-order valence-electron chi connectivity index (χ2n) is 2.27. The average molecular weight is 187 g/mol. The van der Waals surface area contributed by atoms with Gasteiger partial charge in [0.25, 0.3) is 0 Å². The van der Waals surface area contributed by atoms with Crippen molar-refractivity contribution in [2.45, 2.75) is 18.2 Å². The lowest BCUT2D eigenvalue weighted by atomic mass is 10.1. The molecule has 1 rings (SSSR count). The van der Waals surface area contributed by atoms with Gasteiger partial charge >= 0.3 is 0 Å². The maximum atomic E-state index is 3.60. The Labute approximate surface area is 64.8 Å². The molecule has 0 fully saturated rings. The van der Waals surface area contributed by atoms with Gasteiger partial charge in [-0.15, -0.1) is 0 Å². The van der Waals surface area contributed by atoms with E-state index in [1.54, 1.807) is 0 Å². The molecule has 1 aliphatic rings. The highest BCUT2D eigenvalue weighted by atomic mass is 79.9. The molecule has 0 N–H and O–H groups in total. The van der Waals surface area contributed by atoms with Crippen LogP contribution in [0.15, 0.2) is 24.3 Å². The average Bonchev–Trinajstić information content (AvgIpc) is 2.37. The Kier molecular flexibility index (Phi) is 2.52. The van der Waals surface area contributed by atoms with Crippen LogP contribution in [-0.4, -0.2) is 4.83 Å². The molecule has 0 saturated heterocycles. The molecular weight excluding hydrogens is 176 g/mol. The Morgan fingerprint density at radius 1 is 1.44 bits per heavy atom. The molecular formula is C8H11Br. The highest BCUT2D eigenvalue weighted by Crippen LogP contribution is 2.22. The van der Waals surface area contributed by atoms with Crippen molar-refractivity contribution in [1.82, 2.24) is 0 Å². The summed E-state index contributed by atoms with van der Waals surface area (Å²) in [7, 11) is 0. The van der Waals surface area contributed by atoms with E-state index >= 15 is 0 Å². The van der Waals surface area contributed by atoms with Crippen LogP contribution in [0.3, 0.4) is 0 Å². The fraction of sp³-hybridized carbons (Fsp3) is 0.500. The lowest BCUT2D eigenvalue weighted by Gasteiger charge is -2.09. The van der Waals surface area contributed by atoms with Crippen molar-refractivity contribution in [3.05, 3.63) is 24.3 Å². The molecule has 0 nitrogen and oxygen atoms in total. The Bertz CT molecular complexity index is 124. The van der Waals surface area contributed by atoms with Gasteiger partial charge in [0.15, 0.2) is 0 Å². The molecule has 0 spiro atoms. The largest absolute Gasteiger partial charge is 0.0881 e. The number of hydrogen-bond donors (Lipinski definition) is 0. The predicted octanol–water partition coefficient (Wildman–Crippen LogP) is 2.90. The van der Waals surface area contributed by atoms with Crippen molar-refractivity contribution in [3.63, 3.8) is 0 Å². The summed E-state index contributed by atoms with van der Waals surface area (Å²) in [5, 5.41) is 0. The zero-order valence-electron chi connectivity index (χ0n) is 5.55. The molecule has 0 aliphatic heterocycles. The van der Waals surface area contributed by atoms with E-state index in [-0.39, 0.29) is 0 Å². The molecule has 9 heavy (non-hydrogen) atoms. The summed E-state index contributed by atoms with van der Waals surface area (Å²) in [6.45, 7) is 2.19. The zero-order chi connectivity index (χ0) is 6.69. The molecule has 50 valence electrons. The minimum atomic E-state index is 0.632. The fourth-order valence-corrected chi connectivity index (χ4v) is 1.31. The third-order valence-corrected chi connectivity index (χ3v) is 2.84. The van der Waals surface area contributed by atoms with Crippen molar-refractivity contribution < 1.29 is 0 Å². The predicted molar refractivity (Wildman–Crippen MR) is 44.8 cm³/mol. The van der Waals surface area contributed by atoms with E-state index in [0.29, 0.717) is 10.7 Å². The SMILES string of the molecule is CCC(Br)C1C=CC=C1. The lowest BCUT2D eigenvalue weighted by Crippen LogP contribution is -2.05. The van der Waals surface area contributed by atoms with Crippen LogP contribution in [-0.2, 0) is 0 Å². The van der Waals surface area contributed by atoms with Crippen LogP contribution < -0.4 is 0 Å². The van der Waals surface area contributed by atoms with Gasteiger partial charge in [0.2, 0.25) is 0 Å². The van der Waals surface area contributed by atoms with Crippen LogP contribution in [0.5, 0.6) is 0 Å². The van der Waals surface area contributed by atoms with E-state index in [1.807, 2.05) is 0 Å². The van der Waals surface area contributed by atoms with Crippen molar-refractivity contribution >= 4 is 15.9 Å². The summed E-state index contributed by atoms with van der Waals surface area (Å²) in [5.74, 6) is 0.634. The van der Waals surface area contributed by atoms with Crippen LogP contribution in [0.1, 0.15) is 13.3 Å². The Morgan fingerprint density at radius 3 is 2.44 bits per heavy atom. The van der Waals surface area contributed by atoms with E-state index in [2.05, 4.69) is 47.2 Å². The highest BCUT2D eigenvalue weighted by Gasteiger charge is 2.11. The first-order valence-corrected chi connectivity index (χ1v) is 4.25. The molecule has 0 aromatic heterocycles. The van der Waals surface area contributed by atoms with Crippen molar-refractivity contribution in [2.24, 2.45) is 5.92 Å². The van der Waals surface area contributed by atoms with Crippen molar-refractivity contribution in [3.8, 4) is 0 Å². The topological polar surface area (TPSA) is 0 Å². The van der Waals surface area contributed by atoms with Gasteiger partial charge in [0.05, 0.1) is 0 Å². The maximum Gasteiger partial charge on any atom is 0.0240 e. The molecule has 1 unspecified atom stereocenters. The van der Waals surface area contributed by atoms with E-state index in [0.717, 1.165) is 0 Å². The molecule has 0 aromatic rings. The summed E-state index contributed by atoms with van der Waals surface area (Å²) in [4.78, 5) is 0.632. The monoisotopic (exact) mass is 186 g/mol. The van der Waals surface area contributed by atoms with Gasteiger partial charge < -0.3 is 0 Å². The van der Waals surface area contributed by atoms with E-state index < -0.39 is 0 Å². The molecule has 0 radical (unpaired) electrons. The molecule has 1 atom stereocenters. The van der Waals surface area contributed by atoms with Gasteiger partial charge in [-0.05, 0) is 6.42 Å². The quantitative estimate of drug-likeness (QED) is 0.583. The van der Waals surface area contributed by atoms with Crippen LogP contribution in [0, 0.1) is 5.92 Å². The van der Waals surface area contributed by atoms with Crippen LogP contribution >= 0.6 is 15.9 Å². The minimum Gasteiger partial charge on any atom is -0.0881 e. The summed E-state index contributed by atoms with van der Waals surface area (Å²) in [5.41, 5.74) is 0. The lowest BCUT2D eigenvalue weighted by molar-refractivity contribution is 0.730. The van der Waals surface area contributed by atoms with Gasteiger partial charge in [-0.2, -0.15) is 0 Å². The van der Waals surface area contributed by atoms with Gasteiger partial charge in [0.1, 0.15) is 0 Å². The van der Waals surface area contributed by atoms with Crippen LogP contribution in [0.25, 0.3) is 0 Å². The Hall–Kier alpha value is -0.0400. The van der Waals surface area contributed by atoms with E-state index in [9.17, 15) is 0 Å². The number of rotatable bonds is 2. The normalized spacial score (nSPS) is 21.1. The fourth-order valence-electron chi connectivity index (χ4n) is 0.962. The highest BCUT2D eigenvalue weighted by molar-refractivity contribution is 9.09. The van der Waals surface area contributed by atoms with Gasteiger partial charge in [-0.1, -0.05) is 47.2 Å². The van der Waals surface area contributed by atoms with Crippen LogP contribution in [0.2, 0.25) is 0 Å². The van der Waals surface area contributed by atoms with E-state index in [4.69, 9.17) is 0 Å². The molecule has 0 amide bonds. The number of allylic oxidation sites excluding steroid dienone is 4. The summed E-state index contributed by atoms with van der Waals surface area (Å²) in [6.07, 6.45) is 9.86. The molecule has 0 bridgehead atoms. The second kappa shape index (κ2) is 3.21. The van der Waals surface area contributed by atoms with Crippen molar-refractivity contribution in [1.29, 1.82) is 0 Å². The number of hydrogen-bond acceptors (Lipinski definition) is 0. The third kappa shape index (κ3) is 1.68. The first-order chi connectivity index (χ1) is 4.34. The number of halogens is 1. The third-order valence-electron chi connectivity index (χ3n) is 1.59. The van der Waals surface area contributed by atoms with E-state index in [1.165, 1.54) is 6.42 Å². The Morgan fingerprint density at radius 2 is 2.00 bits per heavy atom. The van der Waals surface area contributed by atoms with Gasteiger partial charge in [0, 0.05) is 10.7 Å². The Balaban J connectivity index is 2.43. The number of alkyl halides is 1. The second-order valence-corrected chi connectivity index (χ2v) is 3.45. The summed E-state index contributed by atoms with van der Waals surface area (Å²) < 4.78 is 0. The van der Waals surface area contributed by atoms with Crippen molar-refractivity contribution in [2.75, 3.05) is 0 Å². The molecule has 0 heterocycles. The smallest absolute Gasteiger partial charge is 0.0240 e. The summed E-state index contributed by atoms with van der Waals surface area (Å²) >= 11 is 3.60. The molecule has 1 aliphatic carbocycles. The first kappa shape index (κ1) is 7.07. The van der Waals surface area contributed by atoms with Crippen LogP contribution in [0.4, 0.5) is 0 Å². The standard InChI is InChI=1S/C8H11Br/c1-2-8(9)7-5-3-4-6-7/h3-8H,2H2,1H3. The molecule has 0 saturated carbocycles. The molecule has 1 heteroatoms.